The molecule has 3 heteroatoms. The van der Waals surface area contributed by atoms with Crippen molar-refractivity contribution in [2.45, 2.75) is 13.3 Å². The number of hydrogen-bond acceptors (Lipinski definition) is 3. The highest BCUT2D eigenvalue weighted by atomic mass is 15.5. The van der Waals surface area contributed by atoms with Crippen LogP contribution in [0, 0.1) is 5.92 Å². The molecule has 0 heterocycles. The van der Waals surface area contributed by atoms with E-state index in [1.54, 1.807) is 0 Å². The average Bonchev–Trinajstić information content (AvgIpc) is 2.35. The minimum Gasteiger partial charge on any atom is -0.388 e. The van der Waals surface area contributed by atoms with E-state index < -0.39 is 0 Å². The van der Waals surface area contributed by atoms with E-state index in [1.807, 2.05) is 51.3 Å². The van der Waals surface area contributed by atoms with Crippen molar-refractivity contribution in [3.05, 3.63) is 48.7 Å². The van der Waals surface area contributed by atoms with Gasteiger partial charge in [0.05, 0.1) is 0 Å². The summed E-state index contributed by atoms with van der Waals surface area (Å²) in [7, 11) is 5.92. The van der Waals surface area contributed by atoms with Crippen molar-refractivity contribution in [3.8, 4) is 0 Å². The van der Waals surface area contributed by atoms with Gasteiger partial charge in [0.1, 0.15) is 0 Å². The molecular formula is C15H27N3. The Kier molecular flexibility index (Phi) is 8.97. The number of rotatable bonds is 9. The largest absolute Gasteiger partial charge is 0.388 e. The van der Waals surface area contributed by atoms with Crippen molar-refractivity contribution >= 4 is 0 Å². The van der Waals surface area contributed by atoms with Crippen molar-refractivity contribution < 1.29 is 0 Å². The maximum atomic E-state index is 3.94. The minimum atomic E-state index is 0.314. The van der Waals surface area contributed by atoms with Crippen LogP contribution in [0.5, 0.6) is 0 Å². The molecule has 1 atom stereocenters. The first-order valence-electron chi connectivity index (χ1n) is 6.31. The normalized spacial score (nSPS) is 14.5. The molecule has 0 saturated heterocycles. The molecule has 0 bridgehead atoms. The lowest BCUT2D eigenvalue weighted by atomic mass is 9.92. The second-order valence-electron chi connectivity index (χ2n) is 4.24. The van der Waals surface area contributed by atoms with E-state index in [-0.39, 0.29) is 0 Å². The molecule has 0 aliphatic heterocycles. The maximum Gasteiger partial charge on any atom is 0.0332 e. The summed E-state index contributed by atoms with van der Waals surface area (Å²) in [5.41, 5.74) is 5.63. The Hall–Kier alpha value is -1.32. The second kappa shape index (κ2) is 9.68. The molecule has 0 rings (SSSR count). The van der Waals surface area contributed by atoms with Crippen LogP contribution in [0.3, 0.4) is 0 Å². The fourth-order valence-corrected chi connectivity index (χ4v) is 1.84. The summed E-state index contributed by atoms with van der Waals surface area (Å²) in [6.45, 7) is 10.7. The molecule has 2 N–H and O–H groups in total. The summed E-state index contributed by atoms with van der Waals surface area (Å²) < 4.78 is 0. The van der Waals surface area contributed by atoms with Crippen molar-refractivity contribution in [1.82, 2.24) is 15.8 Å². The van der Waals surface area contributed by atoms with Gasteiger partial charge in [0.2, 0.25) is 0 Å². The van der Waals surface area contributed by atoms with Crippen LogP contribution in [0.15, 0.2) is 48.7 Å². The highest BCUT2D eigenvalue weighted by Gasteiger charge is 2.13. The number of hydrogen-bond donors (Lipinski definition) is 2. The Bertz CT molecular complexity index is 314. The number of nitrogens with one attached hydrogen (secondary N) is 2. The van der Waals surface area contributed by atoms with Crippen LogP contribution in [0.2, 0.25) is 0 Å². The molecule has 18 heavy (non-hydrogen) atoms. The van der Waals surface area contributed by atoms with Gasteiger partial charge in [-0.3, -0.25) is 10.4 Å². The predicted molar refractivity (Wildman–Crippen MR) is 81.1 cm³/mol. The molecule has 0 aliphatic carbocycles. The zero-order valence-electron chi connectivity index (χ0n) is 12.2. The molecule has 0 spiro atoms. The van der Waals surface area contributed by atoms with E-state index in [1.165, 1.54) is 5.57 Å². The molecule has 1 unspecified atom stereocenters. The smallest absolute Gasteiger partial charge is 0.0332 e. The van der Waals surface area contributed by atoms with Gasteiger partial charge < -0.3 is 5.32 Å². The first-order valence-corrected chi connectivity index (χ1v) is 6.31. The zero-order chi connectivity index (χ0) is 14.0. The van der Waals surface area contributed by atoms with Crippen LogP contribution >= 0.6 is 0 Å². The lowest BCUT2D eigenvalue weighted by Crippen LogP contribution is -2.32. The monoisotopic (exact) mass is 249 g/mol. The number of nitrogens with zero attached hydrogens (tertiary/aromatic N) is 1. The third kappa shape index (κ3) is 5.84. The fourth-order valence-electron chi connectivity index (χ4n) is 1.84. The molecular weight excluding hydrogens is 222 g/mol. The van der Waals surface area contributed by atoms with Gasteiger partial charge in [-0.15, -0.1) is 6.58 Å². The number of allylic oxidation sites excluding steroid dienone is 5. The van der Waals surface area contributed by atoms with Gasteiger partial charge >= 0.3 is 0 Å². The third-order valence-electron chi connectivity index (χ3n) is 2.73. The molecule has 0 aliphatic rings. The summed E-state index contributed by atoms with van der Waals surface area (Å²) in [4.78, 5) is 0. The zero-order valence-corrected chi connectivity index (χ0v) is 12.2. The molecule has 3 nitrogen and oxygen atoms in total. The summed E-state index contributed by atoms with van der Waals surface area (Å²) in [6, 6.07) is 0. The Morgan fingerprint density at radius 2 is 2.00 bits per heavy atom. The van der Waals surface area contributed by atoms with Crippen LogP contribution in [0.25, 0.3) is 0 Å². The summed E-state index contributed by atoms with van der Waals surface area (Å²) in [5, 5.41) is 5.18. The van der Waals surface area contributed by atoms with Gasteiger partial charge in [-0.2, -0.15) is 0 Å². The fraction of sp³-hybridized carbons (Fsp3) is 0.467. The number of likely N-dealkylation sites (N-methyl/N-ethyl adjacent to an activating group) is 1. The minimum absolute atomic E-state index is 0.314. The highest BCUT2D eigenvalue weighted by molar-refractivity contribution is 5.35. The lowest BCUT2D eigenvalue weighted by Gasteiger charge is -2.21. The molecule has 0 aromatic rings. The van der Waals surface area contributed by atoms with E-state index >= 15 is 0 Å². The van der Waals surface area contributed by atoms with Gasteiger partial charge in [0.25, 0.3) is 0 Å². The second-order valence-corrected chi connectivity index (χ2v) is 4.24. The summed E-state index contributed by atoms with van der Waals surface area (Å²) in [6.07, 6.45) is 8.94. The van der Waals surface area contributed by atoms with Gasteiger partial charge in [-0.05, 0) is 18.9 Å². The molecule has 0 radical (unpaired) electrons. The number of hydrazine groups is 1. The van der Waals surface area contributed by atoms with E-state index in [0.29, 0.717) is 5.92 Å². The lowest BCUT2D eigenvalue weighted by molar-refractivity contribution is 0.284. The van der Waals surface area contributed by atoms with Crippen molar-refractivity contribution in [3.63, 3.8) is 0 Å². The van der Waals surface area contributed by atoms with Crippen LogP contribution in [0.4, 0.5) is 0 Å². The Morgan fingerprint density at radius 3 is 2.39 bits per heavy atom. The third-order valence-corrected chi connectivity index (χ3v) is 2.73. The standard InChI is InChI=1S/C15H27N3/c1-7-10-14(15(9-3)16-4)13(8-2)11-12-17-18(5)6/h7-10,13,16-17H,1-2,11-12H2,3-6H3/b14-10-,15-9+. The van der Waals surface area contributed by atoms with Gasteiger partial charge in [0.15, 0.2) is 0 Å². The molecule has 0 fully saturated rings. The van der Waals surface area contributed by atoms with Gasteiger partial charge in [0, 0.05) is 39.3 Å². The van der Waals surface area contributed by atoms with Crippen molar-refractivity contribution in [2.24, 2.45) is 5.92 Å². The SMILES string of the molecule is C=C/C=C(\C(=C/C)NC)C(C=C)CCNN(C)C. The highest BCUT2D eigenvalue weighted by Crippen LogP contribution is 2.22. The van der Waals surface area contributed by atoms with Crippen LogP contribution in [-0.4, -0.2) is 32.7 Å². The average molecular weight is 249 g/mol. The van der Waals surface area contributed by atoms with Crippen molar-refractivity contribution in [1.29, 1.82) is 0 Å². The molecule has 0 aromatic heterocycles. The van der Waals surface area contributed by atoms with Gasteiger partial charge in [-0.25, -0.2) is 0 Å². The molecule has 102 valence electrons. The molecule has 0 saturated carbocycles. The van der Waals surface area contributed by atoms with E-state index in [9.17, 15) is 0 Å². The van der Waals surface area contributed by atoms with Crippen LogP contribution < -0.4 is 10.7 Å². The predicted octanol–water partition coefficient (Wildman–Crippen LogP) is 2.48. The first kappa shape index (κ1) is 16.7. The van der Waals surface area contributed by atoms with E-state index in [2.05, 4.69) is 30.0 Å². The maximum absolute atomic E-state index is 3.94. The quantitative estimate of drug-likeness (QED) is 0.373. The molecule has 0 amide bonds. The summed E-state index contributed by atoms with van der Waals surface area (Å²) >= 11 is 0. The summed E-state index contributed by atoms with van der Waals surface area (Å²) in [5.74, 6) is 0.314. The van der Waals surface area contributed by atoms with Crippen LogP contribution in [-0.2, 0) is 0 Å². The van der Waals surface area contributed by atoms with Crippen molar-refractivity contribution in [2.75, 3.05) is 27.7 Å². The Balaban J connectivity index is 4.79. The Labute approximate surface area is 112 Å². The van der Waals surface area contributed by atoms with E-state index in [4.69, 9.17) is 0 Å². The topological polar surface area (TPSA) is 27.3 Å². The van der Waals surface area contributed by atoms with Gasteiger partial charge in [-0.1, -0.05) is 30.9 Å². The van der Waals surface area contributed by atoms with E-state index in [0.717, 1.165) is 18.7 Å². The van der Waals surface area contributed by atoms with Crippen LogP contribution in [0.1, 0.15) is 13.3 Å². The first-order chi connectivity index (χ1) is 8.60. The molecule has 0 aromatic carbocycles. The Morgan fingerprint density at radius 1 is 1.33 bits per heavy atom.